The predicted molar refractivity (Wildman–Crippen MR) is 126 cm³/mol. The molecule has 3 N–H and O–H groups in total. The first-order valence-electron chi connectivity index (χ1n) is 12.5. The van der Waals surface area contributed by atoms with Gasteiger partial charge in [-0.15, -0.1) is 0 Å². The minimum atomic E-state index is -0.715. The van der Waals surface area contributed by atoms with E-state index in [-0.39, 0.29) is 11.3 Å². The van der Waals surface area contributed by atoms with Gasteiger partial charge < -0.3 is 15.3 Å². The highest BCUT2D eigenvalue weighted by Crippen LogP contribution is 2.71. The van der Waals surface area contributed by atoms with E-state index in [4.69, 9.17) is 0 Å². The van der Waals surface area contributed by atoms with Crippen molar-refractivity contribution in [1.29, 1.82) is 0 Å². The molecule has 174 valence electrons. The van der Waals surface area contributed by atoms with Gasteiger partial charge in [0.25, 0.3) is 0 Å². The largest absolute Gasteiger partial charge is 0.390 e. The topological polar surface area (TPSA) is 60.7 Å². The van der Waals surface area contributed by atoms with Crippen molar-refractivity contribution in [3.63, 3.8) is 0 Å². The molecule has 4 fully saturated rings. The van der Waals surface area contributed by atoms with Gasteiger partial charge in [-0.3, -0.25) is 0 Å². The third-order valence-corrected chi connectivity index (χ3v) is 10.1. The molecule has 3 nitrogen and oxygen atoms in total. The van der Waals surface area contributed by atoms with Crippen molar-refractivity contribution in [2.45, 2.75) is 103 Å². The molecular formula is C28H44O3. The predicted octanol–water partition coefficient (Wildman–Crippen LogP) is 5.56. The van der Waals surface area contributed by atoms with Gasteiger partial charge in [0.1, 0.15) is 0 Å². The smallest absolute Gasteiger partial charge is 0.0783 e. The molecule has 0 aliphatic heterocycles. The Morgan fingerprint density at radius 1 is 1.23 bits per heavy atom. The van der Waals surface area contributed by atoms with E-state index in [1.54, 1.807) is 5.57 Å². The standard InChI is InChI=1S/C28H44O3/c1-18(9-10-19(2)25(4,5)30)22-11-12-23-21(8-7-14-26(22,23)6)13-15-27-17-28(27,31)16-24(29)20(27)3/h9-10,13,18-19,22-24,29-31H,3,7-8,11-12,14-17H2,1-2,4-6H3/b10-9+,21-13+/t18-,19+,22-,23+,24+,26-,27?,28-/m1/s1. The van der Waals surface area contributed by atoms with Crippen LogP contribution in [-0.2, 0) is 0 Å². The van der Waals surface area contributed by atoms with Crippen LogP contribution in [0.15, 0.2) is 36.0 Å². The van der Waals surface area contributed by atoms with Crippen molar-refractivity contribution in [3.05, 3.63) is 36.0 Å². The Labute approximate surface area is 189 Å². The second-order valence-electron chi connectivity index (χ2n) is 12.3. The van der Waals surface area contributed by atoms with E-state index < -0.39 is 17.3 Å². The fourth-order valence-electron chi connectivity index (χ4n) is 7.50. The van der Waals surface area contributed by atoms with Crippen LogP contribution in [0.5, 0.6) is 0 Å². The van der Waals surface area contributed by atoms with E-state index in [1.165, 1.54) is 32.1 Å². The SMILES string of the molecule is C=C1[C@@H](O)C[C@@]2(O)CC12C/C=C1\CCC[C@]2(C)[C@@H]([C@H](C)/C=C/[C@H](C)C(C)(C)O)CC[C@@H]12. The summed E-state index contributed by atoms with van der Waals surface area (Å²) in [5, 5.41) is 31.3. The van der Waals surface area contributed by atoms with Crippen molar-refractivity contribution >= 4 is 0 Å². The number of allylic oxidation sites excluding steroid dienone is 3. The maximum absolute atomic E-state index is 10.8. The molecule has 4 rings (SSSR count). The number of aliphatic hydroxyl groups excluding tert-OH is 1. The summed E-state index contributed by atoms with van der Waals surface area (Å²) in [6.45, 7) is 14.9. The van der Waals surface area contributed by atoms with Gasteiger partial charge in [0.15, 0.2) is 0 Å². The Kier molecular flexibility index (Phi) is 5.68. The zero-order valence-electron chi connectivity index (χ0n) is 20.3. The Hall–Kier alpha value is -0.900. The molecule has 0 aromatic carbocycles. The molecule has 4 aliphatic rings. The molecule has 0 saturated heterocycles. The molecule has 4 aliphatic carbocycles. The first kappa shape index (κ1) is 23.3. The molecule has 0 spiro atoms. The van der Waals surface area contributed by atoms with Gasteiger partial charge in [0, 0.05) is 17.8 Å². The summed E-state index contributed by atoms with van der Waals surface area (Å²) in [7, 11) is 0. The molecule has 0 bridgehead atoms. The van der Waals surface area contributed by atoms with Crippen LogP contribution in [0.25, 0.3) is 0 Å². The maximum Gasteiger partial charge on any atom is 0.0783 e. The second kappa shape index (κ2) is 7.57. The van der Waals surface area contributed by atoms with E-state index >= 15 is 0 Å². The highest BCUT2D eigenvalue weighted by atomic mass is 16.3. The van der Waals surface area contributed by atoms with Gasteiger partial charge in [-0.05, 0) is 87.5 Å². The fraction of sp³-hybridized carbons (Fsp3) is 0.786. The molecule has 3 heteroatoms. The van der Waals surface area contributed by atoms with Gasteiger partial charge >= 0.3 is 0 Å². The van der Waals surface area contributed by atoms with Crippen molar-refractivity contribution < 1.29 is 15.3 Å². The third-order valence-electron chi connectivity index (χ3n) is 10.1. The summed E-state index contributed by atoms with van der Waals surface area (Å²) in [5.41, 5.74) is 1.11. The summed E-state index contributed by atoms with van der Waals surface area (Å²) < 4.78 is 0. The Balaban J connectivity index is 1.48. The second-order valence-corrected chi connectivity index (χ2v) is 12.3. The van der Waals surface area contributed by atoms with Gasteiger partial charge in [0.2, 0.25) is 0 Å². The summed E-state index contributed by atoms with van der Waals surface area (Å²) >= 11 is 0. The summed E-state index contributed by atoms with van der Waals surface area (Å²) in [6, 6.07) is 0. The lowest BCUT2D eigenvalue weighted by Gasteiger charge is -2.44. The molecule has 0 heterocycles. The fourth-order valence-corrected chi connectivity index (χ4v) is 7.50. The van der Waals surface area contributed by atoms with E-state index in [1.807, 2.05) is 13.8 Å². The minimum Gasteiger partial charge on any atom is -0.390 e. The zero-order chi connectivity index (χ0) is 22.8. The Morgan fingerprint density at radius 2 is 1.94 bits per heavy atom. The summed E-state index contributed by atoms with van der Waals surface area (Å²) in [4.78, 5) is 0. The average Bonchev–Trinajstić information content (AvgIpc) is 3.01. The maximum atomic E-state index is 10.8. The van der Waals surface area contributed by atoms with Gasteiger partial charge in [0.05, 0.1) is 17.3 Å². The normalized spacial score (nSPS) is 45.7. The molecule has 8 atom stereocenters. The molecular weight excluding hydrogens is 384 g/mol. The van der Waals surface area contributed by atoms with E-state index in [2.05, 4.69) is 45.6 Å². The molecule has 31 heavy (non-hydrogen) atoms. The number of aliphatic hydroxyl groups is 3. The summed E-state index contributed by atoms with van der Waals surface area (Å²) in [5.74, 6) is 1.96. The van der Waals surface area contributed by atoms with Crippen LogP contribution in [0, 0.1) is 34.5 Å². The van der Waals surface area contributed by atoms with Crippen LogP contribution in [-0.4, -0.2) is 32.6 Å². The number of fused-ring (bicyclic) bond motifs is 2. The molecule has 4 saturated carbocycles. The van der Waals surface area contributed by atoms with Gasteiger partial charge in [-0.25, -0.2) is 0 Å². The summed E-state index contributed by atoms with van der Waals surface area (Å²) in [6.07, 6.45) is 14.8. The van der Waals surface area contributed by atoms with E-state index in [9.17, 15) is 15.3 Å². The van der Waals surface area contributed by atoms with Crippen LogP contribution < -0.4 is 0 Å². The molecule has 0 aromatic rings. The van der Waals surface area contributed by atoms with Crippen LogP contribution >= 0.6 is 0 Å². The zero-order valence-corrected chi connectivity index (χ0v) is 20.3. The highest BCUT2D eigenvalue weighted by Gasteiger charge is 2.73. The molecule has 0 amide bonds. The Bertz CT molecular complexity index is 789. The number of hydrogen-bond acceptors (Lipinski definition) is 3. The highest BCUT2D eigenvalue weighted by molar-refractivity contribution is 5.42. The van der Waals surface area contributed by atoms with Crippen LogP contribution in [0.2, 0.25) is 0 Å². The molecule has 1 unspecified atom stereocenters. The van der Waals surface area contributed by atoms with E-state index in [0.717, 1.165) is 18.4 Å². The first-order chi connectivity index (χ1) is 14.3. The molecule has 0 aromatic heterocycles. The molecule has 0 radical (unpaired) electrons. The van der Waals surface area contributed by atoms with Crippen molar-refractivity contribution in [1.82, 2.24) is 0 Å². The van der Waals surface area contributed by atoms with Crippen LogP contribution in [0.3, 0.4) is 0 Å². The van der Waals surface area contributed by atoms with Crippen molar-refractivity contribution in [2.24, 2.45) is 34.5 Å². The third kappa shape index (κ3) is 3.69. The lowest BCUT2D eigenvalue weighted by Crippen LogP contribution is -2.35. The quantitative estimate of drug-likeness (QED) is 0.485. The first-order valence-corrected chi connectivity index (χ1v) is 12.5. The lowest BCUT2D eigenvalue weighted by atomic mass is 9.61. The monoisotopic (exact) mass is 428 g/mol. The number of hydrogen-bond donors (Lipinski definition) is 3. The van der Waals surface area contributed by atoms with Crippen LogP contribution in [0.4, 0.5) is 0 Å². The lowest BCUT2D eigenvalue weighted by molar-refractivity contribution is 0.0436. The van der Waals surface area contributed by atoms with Gasteiger partial charge in [-0.2, -0.15) is 0 Å². The van der Waals surface area contributed by atoms with Crippen molar-refractivity contribution in [2.75, 3.05) is 0 Å². The van der Waals surface area contributed by atoms with Crippen molar-refractivity contribution in [3.8, 4) is 0 Å². The van der Waals surface area contributed by atoms with Gasteiger partial charge in [-0.1, -0.05) is 51.2 Å². The van der Waals surface area contributed by atoms with E-state index in [0.29, 0.717) is 29.6 Å². The average molecular weight is 429 g/mol. The minimum absolute atomic E-state index is 0.146. The number of rotatable bonds is 6. The van der Waals surface area contributed by atoms with Crippen LogP contribution in [0.1, 0.15) is 86.0 Å². The Morgan fingerprint density at radius 3 is 2.55 bits per heavy atom.